The van der Waals surface area contributed by atoms with E-state index in [1.807, 2.05) is 0 Å². The van der Waals surface area contributed by atoms with Crippen molar-refractivity contribution >= 4 is 17.7 Å². The van der Waals surface area contributed by atoms with Gasteiger partial charge in [0.25, 0.3) is 0 Å². The Labute approximate surface area is 75.0 Å². The molecule has 0 atom stereocenters. The van der Waals surface area contributed by atoms with Crippen LogP contribution in [0.2, 0.25) is 5.09 Å². The Morgan fingerprint density at radius 2 is 1.90 bits per heavy atom. The molecule has 1 heteroatoms. The summed E-state index contributed by atoms with van der Waals surface area (Å²) < 4.78 is 0. The third-order valence-electron chi connectivity index (χ3n) is 1.77. The fraction of sp³-hybridized carbons (Fsp3) is 0.889. The van der Waals surface area contributed by atoms with E-state index in [9.17, 15) is 0 Å². The van der Waals surface area contributed by atoms with Crippen LogP contribution in [0.3, 0.4) is 0 Å². The Kier molecular flexibility index (Phi) is 10.2. The summed E-state index contributed by atoms with van der Waals surface area (Å²) in [7, 11) is 0. The van der Waals surface area contributed by atoms with Gasteiger partial charge in [0, 0.05) is 0 Å². The molecule has 0 aromatic rings. The average molecular weight is 133 g/mol. The number of hydrogen-bond donors (Lipinski definition) is 0. The Hall–Kier alpha value is 0.597. The van der Waals surface area contributed by atoms with E-state index >= 15 is 0 Å². The van der Waals surface area contributed by atoms with E-state index in [0.29, 0.717) is 0 Å². The minimum atomic E-state index is 1.34. The van der Waals surface area contributed by atoms with E-state index in [2.05, 4.69) is 31.1 Å². The molecule has 1 aliphatic rings. The first-order valence-corrected chi connectivity index (χ1v) is 4.73. The van der Waals surface area contributed by atoms with Crippen LogP contribution in [-0.4, -0.2) is 17.7 Å². The zero-order valence-electron chi connectivity index (χ0n) is 7.53. The van der Waals surface area contributed by atoms with Crippen molar-refractivity contribution in [3.63, 3.8) is 0 Å². The summed E-state index contributed by atoms with van der Waals surface area (Å²) in [5.41, 5.74) is 0. The Bertz CT molecular complexity index is 39.1. The quantitative estimate of drug-likeness (QED) is 0.507. The maximum absolute atomic E-state index is 2.36. The molecule has 0 saturated heterocycles. The van der Waals surface area contributed by atoms with E-state index < -0.39 is 0 Å². The van der Waals surface area contributed by atoms with E-state index in [0.717, 1.165) is 0 Å². The van der Waals surface area contributed by atoms with Crippen LogP contribution in [0.25, 0.3) is 0 Å². The summed E-state index contributed by atoms with van der Waals surface area (Å²) in [6, 6.07) is 0. The number of unbranched alkanes of at least 4 members (excludes halogenated alkanes) is 1. The van der Waals surface area contributed by atoms with Crippen molar-refractivity contribution < 1.29 is 0 Å². The molecule has 0 spiro atoms. The molecule has 1 radical (unpaired) electrons. The summed E-state index contributed by atoms with van der Waals surface area (Å²) in [6.45, 7) is 2.21. The molecule has 0 nitrogen and oxygen atoms in total. The molecule has 1 aliphatic carbocycles. The first-order valence-electron chi connectivity index (χ1n) is 4.73. The molecule has 0 amide bonds. The van der Waals surface area contributed by atoms with Crippen LogP contribution in [0.15, 0.2) is 0 Å². The topological polar surface area (TPSA) is 0 Å². The molecule has 0 aromatic carbocycles. The van der Waals surface area contributed by atoms with Crippen molar-refractivity contribution in [2.45, 2.75) is 50.5 Å². The molecule has 1 fully saturated rings. The van der Waals surface area contributed by atoms with E-state index in [1.165, 1.54) is 43.6 Å². The van der Waals surface area contributed by atoms with Crippen molar-refractivity contribution in [3.05, 3.63) is 6.42 Å². The predicted octanol–water partition coefficient (Wildman–Crippen LogP) is 3.14. The van der Waals surface area contributed by atoms with Crippen molar-refractivity contribution in [2.24, 2.45) is 0 Å². The third kappa shape index (κ3) is 8.60. The van der Waals surface area contributed by atoms with Gasteiger partial charge in [0.05, 0.1) is 0 Å². The summed E-state index contributed by atoms with van der Waals surface area (Å²) in [5, 5.41) is 1.34. The van der Waals surface area contributed by atoms with Gasteiger partial charge in [-0.2, -0.15) is 0 Å². The van der Waals surface area contributed by atoms with Gasteiger partial charge < -0.3 is 0 Å². The van der Waals surface area contributed by atoms with Crippen LogP contribution in [0.4, 0.5) is 0 Å². The molecule has 0 N–H and O–H groups in total. The van der Waals surface area contributed by atoms with Crippen molar-refractivity contribution in [2.75, 3.05) is 0 Å². The van der Waals surface area contributed by atoms with E-state index in [1.54, 1.807) is 0 Å². The summed E-state index contributed by atoms with van der Waals surface area (Å²) in [6.07, 6.45) is 10.7. The SMILES string of the molecule is [CH]1CCCC1.[Li][CH2]CCC. The second-order valence-electron chi connectivity index (χ2n) is 2.93. The fourth-order valence-corrected chi connectivity index (χ4v) is 1.08. The van der Waals surface area contributed by atoms with Gasteiger partial charge in [-0.05, 0) is 6.42 Å². The minimum absolute atomic E-state index is 1.34. The molecule has 0 heterocycles. The predicted molar refractivity (Wildman–Crippen MR) is 48.2 cm³/mol. The van der Waals surface area contributed by atoms with Crippen LogP contribution in [0.1, 0.15) is 45.4 Å². The van der Waals surface area contributed by atoms with Gasteiger partial charge in [0.15, 0.2) is 0 Å². The standard InChI is InChI=1S/C5H9.C4H9.Li/c1-2-4-5-3-1;1-3-4-2;/h1H,2-5H2;1,3-4H2,2H3;. The van der Waals surface area contributed by atoms with Gasteiger partial charge in [-0.15, -0.1) is 0 Å². The molecule has 1 rings (SSSR count). The molecule has 0 aliphatic heterocycles. The Morgan fingerprint density at radius 1 is 1.30 bits per heavy atom. The maximum atomic E-state index is 2.36. The number of hydrogen-bond acceptors (Lipinski definition) is 0. The zero-order chi connectivity index (χ0) is 7.66. The Balaban J connectivity index is 0.000000162. The molecular weight excluding hydrogens is 115 g/mol. The van der Waals surface area contributed by atoms with E-state index in [-0.39, 0.29) is 0 Å². The normalized spacial score (nSPS) is 16.3. The third-order valence-corrected chi connectivity index (χ3v) is 1.77. The summed E-state index contributed by atoms with van der Waals surface area (Å²) in [5.74, 6) is 0. The molecule has 0 unspecified atom stereocenters. The molecule has 0 aromatic heterocycles. The first kappa shape index (κ1) is 10.6. The number of rotatable bonds is 2. The van der Waals surface area contributed by atoms with Gasteiger partial charge in [-0.1, -0.05) is 25.7 Å². The van der Waals surface area contributed by atoms with Gasteiger partial charge >= 0.3 is 42.6 Å². The van der Waals surface area contributed by atoms with E-state index in [4.69, 9.17) is 0 Å². The van der Waals surface area contributed by atoms with Crippen molar-refractivity contribution in [3.8, 4) is 0 Å². The van der Waals surface area contributed by atoms with Gasteiger partial charge in [0.2, 0.25) is 0 Å². The Morgan fingerprint density at radius 3 is 2.00 bits per heavy atom. The summed E-state index contributed by atoms with van der Waals surface area (Å²) in [4.78, 5) is 0. The second-order valence-corrected chi connectivity index (χ2v) is 2.93. The molecule has 0 bridgehead atoms. The fourth-order valence-electron chi connectivity index (χ4n) is 1.08. The summed E-state index contributed by atoms with van der Waals surface area (Å²) >= 11 is 2.21. The van der Waals surface area contributed by atoms with Crippen LogP contribution in [0, 0.1) is 6.42 Å². The molecule has 10 heavy (non-hydrogen) atoms. The molecule has 1 saturated carbocycles. The zero-order valence-corrected chi connectivity index (χ0v) is 7.53. The van der Waals surface area contributed by atoms with Gasteiger partial charge in [0.1, 0.15) is 0 Å². The van der Waals surface area contributed by atoms with Crippen LogP contribution in [0.5, 0.6) is 0 Å². The van der Waals surface area contributed by atoms with Crippen LogP contribution in [-0.2, 0) is 0 Å². The first-order chi connectivity index (χ1) is 4.91. The monoisotopic (exact) mass is 133 g/mol. The van der Waals surface area contributed by atoms with Crippen LogP contribution < -0.4 is 0 Å². The van der Waals surface area contributed by atoms with Crippen molar-refractivity contribution in [1.29, 1.82) is 0 Å². The van der Waals surface area contributed by atoms with Crippen molar-refractivity contribution in [1.82, 2.24) is 0 Å². The average Bonchev–Trinajstić information content (AvgIpc) is 2.44. The second kappa shape index (κ2) is 9.60. The van der Waals surface area contributed by atoms with Gasteiger partial charge in [-0.25, -0.2) is 0 Å². The molecular formula is C9H18Li. The molecule has 55 valence electrons. The van der Waals surface area contributed by atoms with Gasteiger partial charge in [-0.3, -0.25) is 0 Å². The van der Waals surface area contributed by atoms with Crippen LogP contribution >= 0.6 is 0 Å².